The Hall–Kier alpha value is -1.70. The Balaban J connectivity index is 2.41. The van der Waals surface area contributed by atoms with E-state index >= 15 is 0 Å². The molecule has 1 aromatic carbocycles. The Morgan fingerprint density at radius 3 is 2.56 bits per heavy atom. The molecule has 1 aromatic rings. The molecule has 2 heteroatoms. The van der Waals surface area contributed by atoms with Gasteiger partial charge in [0.1, 0.15) is 0 Å². The summed E-state index contributed by atoms with van der Waals surface area (Å²) in [6.07, 6.45) is 2.80. The highest BCUT2D eigenvalue weighted by Gasteiger charge is 2.37. The van der Waals surface area contributed by atoms with Crippen LogP contribution in [0.15, 0.2) is 53.2 Å². The number of allylic oxidation sites excluding steroid dienone is 1. The van der Waals surface area contributed by atoms with E-state index in [4.69, 9.17) is 0 Å². The zero-order chi connectivity index (χ0) is 11.6. The molecule has 1 heterocycles. The minimum atomic E-state index is -0.0941. The van der Waals surface area contributed by atoms with Gasteiger partial charge in [0.25, 0.3) is 0 Å². The molecule has 0 amide bonds. The van der Waals surface area contributed by atoms with Gasteiger partial charge in [-0.25, -0.2) is 0 Å². The molecular weight excluding hydrogens is 196 g/mol. The van der Waals surface area contributed by atoms with Gasteiger partial charge in [0.05, 0.1) is 11.1 Å². The Kier molecular flexibility index (Phi) is 2.73. The summed E-state index contributed by atoms with van der Waals surface area (Å²) in [6.45, 7) is 8.03. The van der Waals surface area contributed by atoms with E-state index in [-0.39, 0.29) is 5.41 Å². The van der Waals surface area contributed by atoms with Gasteiger partial charge in [0.15, 0.2) is 0 Å². The Morgan fingerprint density at radius 2 is 1.94 bits per heavy atom. The Morgan fingerprint density at radius 1 is 1.25 bits per heavy atom. The molecule has 0 N–H and O–H groups in total. The molecule has 0 aliphatic carbocycles. The van der Waals surface area contributed by atoms with Crippen LogP contribution in [0.2, 0.25) is 0 Å². The maximum absolute atomic E-state index is 4.32. The average Bonchev–Trinajstić information content (AvgIpc) is 2.58. The van der Waals surface area contributed by atoms with Crippen LogP contribution in [0, 0.1) is 5.41 Å². The Labute approximate surface area is 96.4 Å². The summed E-state index contributed by atoms with van der Waals surface area (Å²) in [5.74, 6) is 0. The second-order valence-electron chi connectivity index (χ2n) is 4.32. The number of hydrogen-bond acceptors (Lipinski definition) is 2. The summed E-state index contributed by atoms with van der Waals surface area (Å²) < 4.78 is 0. The lowest BCUT2D eigenvalue weighted by Crippen LogP contribution is -2.31. The minimum absolute atomic E-state index is 0.0941. The van der Waals surface area contributed by atoms with Crippen LogP contribution in [0.25, 0.3) is 0 Å². The number of nitrogens with zero attached hydrogens (tertiary/aromatic N) is 2. The van der Waals surface area contributed by atoms with Crippen LogP contribution in [0.5, 0.6) is 0 Å². The van der Waals surface area contributed by atoms with Crippen molar-refractivity contribution in [3.05, 3.63) is 48.6 Å². The van der Waals surface area contributed by atoms with E-state index in [0.29, 0.717) is 0 Å². The van der Waals surface area contributed by atoms with Gasteiger partial charge in [0, 0.05) is 5.71 Å². The lowest BCUT2D eigenvalue weighted by atomic mass is 9.76. The molecular formula is C14H16N2. The van der Waals surface area contributed by atoms with Crippen LogP contribution < -0.4 is 0 Å². The van der Waals surface area contributed by atoms with Crippen molar-refractivity contribution >= 4 is 11.4 Å². The van der Waals surface area contributed by atoms with Crippen LogP contribution in [-0.4, -0.2) is 11.4 Å². The lowest BCUT2D eigenvalue weighted by Gasteiger charge is -2.25. The summed E-state index contributed by atoms with van der Waals surface area (Å²) in [7, 11) is 0. The molecule has 0 fully saturated rings. The smallest absolute Gasteiger partial charge is 0.0821 e. The zero-order valence-corrected chi connectivity index (χ0v) is 9.77. The molecule has 0 unspecified atom stereocenters. The second-order valence-corrected chi connectivity index (χ2v) is 4.32. The highest BCUT2D eigenvalue weighted by atomic mass is 15.2. The van der Waals surface area contributed by atoms with Crippen molar-refractivity contribution < 1.29 is 0 Å². The van der Waals surface area contributed by atoms with Gasteiger partial charge < -0.3 is 0 Å². The first-order valence-corrected chi connectivity index (χ1v) is 5.48. The second kappa shape index (κ2) is 4.05. The maximum Gasteiger partial charge on any atom is 0.0821 e. The highest BCUT2D eigenvalue weighted by Crippen LogP contribution is 2.33. The molecule has 0 saturated carbocycles. The third kappa shape index (κ3) is 1.60. The van der Waals surface area contributed by atoms with Crippen molar-refractivity contribution in [3.63, 3.8) is 0 Å². The van der Waals surface area contributed by atoms with E-state index < -0.39 is 0 Å². The SMILES string of the molecule is C=CC[C@]1(C)C(C)=NN=C1c1ccccc1. The summed E-state index contributed by atoms with van der Waals surface area (Å²) >= 11 is 0. The van der Waals surface area contributed by atoms with E-state index in [2.05, 4.69) is 35.8 Å². The van der Waals surface area contributed by atoms with E-state index in [9.17, 15) is 0 Å². The molecule has 1 aliphatic rings. The molecule has 0 aromatic heterocycles. The van der Waals surface area contributed by atoms with Crippen LogP contribution in [0.4, 0.5) is 0 Å². The van der Waals surface area contributed by atoms with Gasteiger partial charge >= 0.3 is 0 Å². The molecule has 0 spiro atoms. The summed E-state index contributed by atoms with van der Waals surface area (Å²) in [5.41, 5.74) is 3.16. The van der Waals surface area contributed by atoms with Crippen LogP contribution in [0.1, 0.15) is 25.8 Å². The maximum atomic E-state index is 4.32. The quantitative estimate of drug-likeness (QED) is 0.686. The third-order valence-corrected chi connectivity index (χ3v) is 3.22. The topological polar surface area (TPSA) is 24.7 Å². The largest absolute Gasteiger partial charge is 0.159 e. The van der Waals surface area contributed by atoms with Crippen molar-refractivity contribution in [2.24, 2.45) is 15.6 Å². The lowest BCUT2D eigenvalue weighted by molar-refractivity contribution is 0.664. The average molecular weight is 212 g/mol. The van der Waals surface area contributed by atoms with Crippen molar-refractivity contribution in [2.45, 2.75) is 20.3 Å². The van der Waals surface area contributed by atoms with Gasteiger partial charge in [-0.1, -0.05) is 36.4 Å². The molecule has 2 nitrogen and oxygen atoms in total. The first-order valence-electron chi connectivity index (χ1n) is 5.48. The standard InChI is InChI=1S/C14H16N2/c1-4-10-14(3)11(2)15-16-13(14)12-8-6-5-7-9-12/h4-9H,1,10H2,2-3H3/t14-/m1/s1. The highest BCUT2D eigenvalue weighted by molar-refractivity contribution is 6.20. The first-order chi connectivity index (χ1) is 7.68. The van der Waals surface area contributed by atoms with Gasteiger partial charge in [-0.3, -0.25) is 0 Å². The predicted molar refractivity (Wildman–Crippen MR) is 69.0 cm³/mol. The number of hydrogen-bond donors (Lipinski definition) is 0. The van der Waals surface area contributed by atoms with Crippen molar-refractivity contribution in [3.8, 4) is 0 Å². The summed E-state index contributed by atoms with van der Waals surface area (Å²) in [6, 6.07) is 10.2. The molecule has 16 heavy (non-hydrogen) atoms. The van der Waals surface area contributed by atoms with E-state index in [0.717, 1.165) is 23.4 Å². The van der Waals surface area contributed by atoms with Crippen LogP contribution in [-0.2, 0) is 0 Å². The first kappa shape index (κ1) is 10.8. The van der Waals surface area contributed by atoms with Gasteiger partial charge in [-0.05, 0) is 25.8 Å². The summed E-state index contributed by atoms with van der Waals surface area (Å²) in [4.78, 5) is 0. The zero-order valence-electron chi connectivity index (χ0n) is 9.77. The molecule has 0 bridgehead atoms. The fourth-order valence-electron chi connectivity index (χ4n) is 2.02. The molecule has 82 valence electrons. The molecule has 2 rings (SSSR count). The van der Waals surface area contributed by atoms with Gasteiger partial charge in [-0.2, -0.15) is 10.2 Å². The van der Waals surface area contributed by atoms with Crippen molar-refractivity contribution in [1.82, 2.24) is 0 Å². The Bertz CT molecular complexity index is 457. The van der Waals surface area contributed by atoms with E-state index in [1.165, 1.54) is 0 Å². The van der Waals surface area contributed by atoms with Crippen molar-refractivity contribution in [2.75, 3.05) is 0 Å². The van der Waals surface area contributed by atoms with E-state index in [1.807, 2.05) is 31.2 Å². The van der Waals surface area contributed by atoms with Gasteiger partial charge in [0.2, 0.25) is 0 Å². The summed E-state index contributed by atoms with van der Waals surface area (Å²) in [5, 5.41) is 8.54. The van der Waals surface area contributed by atoms with Crippen LogP contribution in [0.3, 0.4) is 0 Å². The van der Waals surface area contributed by atoms with Crippen LogP contribution >= 0.6 is 0 Å². The monoisotopic (exact) mass is 212 g/mol. The number of benzene rings is 1. The molecule has 0 radical (unpaired) electrons. The predicted octanol–water partition coefficient (Wildman–Crippen LogP) is 3.45. The van der Waals surface area contributed by atoms with Gasteiger partial charge in [-0.15, -0.1) is 6.58 Å². The normalized spacial score (nSPS) is 23.9. The number of rotatable bonds is 3. The minimum Gasteiger partial charge on any atom is -0.159 e. The molecule has 0 saturated heterocycles. The third-order valence-electron chi connectivity index (χ3n) is 3.22. The molecule has 1 atom stereocenters. The molecule has 1 aliphatic heterocycles. The van der Waals surface area contributed by atoms with E-state index in [1.54, 1.807) is 0 Å². The van der Waals surface area contributed by atoms with Crippen molar-refractivity contribution in [1.29, 1.82) is 0 Å². The fourth-order valence-corrected chi connectivity index (χ4v) is 2.02. The fraction of sp³-hybridized carbons (Fsp3) is 0.286.